The molecule has 2 aliphatic rings. The van der Waals surface area contributed by atoms with Gasteiger partial charge in [-0.15, -0.1) is 0 Å². The second-order valence-corrected chi connectivity index (χ2v) is 26.8. The fraction of sp³-hybridized carbons (Fsp3) is 0.486. The standard InChI is InChI=1S/C70H94N4/c1-41(2)49-23-26-61(48(15)16)64(38-49)74-63-28-25-57(70(20,21)22)40-66(63)73(60-36-54(46(11)12)31-55(37-60)47(13)14)68(74)67-71(58-32-50(42(3)4)29-51(33-58)43(5)6)62-27-24-56(69(17,18)19)39-65(62)72(67)59-34-52(44(7)8)30-53(35-59)45(9)10/h23-48,67-68H,1-22H3. The van der Waals surface area contributed by atoms with Crippen LogP contribution in [0.4, 0.5) is 45.5 Å². The maximum Gasteiger partial charge on any atom is 0.151 e. The third-order valence-electron chi connectivity index (χ3n) is 16.4. The van der Waals surface area contributed by atoms with E-state index in [9.17, 15) is 0 Å². The molecule has 2 aliphatic heterocycles. The summed E-state index contributed by atoms with van der Waals surface area (Å²) < 4.78 is 0. The summed E-state index contributed by atoms with van der Waals surface area (Å²) in [4.78, 5) is 11.2. The van der Waals surface area contributed by atoms with Gasteiger partial charge in [0.05, 0.1) is 22.7 Å². The number of hydrogen-bond donors (Lipinski definition) is 0. The van der Waals surface area contributed by atoms with Crippen LogP contribution < -0.4 is 19.6 Å². The summed E-state index contributed by atoms with van der Waals surface area (Å²) >= 11 is 0. The molecule has 0 bridgehead atoms. The Labute approximate surface area is 450 Å². The van der Waals surface area contributed by atoms with E-state index in [1.165, 1.54) is 101 Å². The van der Waals surface area contributed by atoms with Crippen LogP contribution in [0.1, 0.15) is 255 Å². The molecule has 4 heteroatoms. The maximum atomic E-state index is 2.81. The molecule has 74 heavy (non-hydrogen) atoms. The molecule has 0 N–H and O–H groups in total. The van der Waals surface area contributed by atoms with Crippen LogP contribution >= 0.6 is 0 Å². The zero-order chi connectivity index (χ0) is 54.2. The molecule has 0 aliphatic carbocycles. The molecule has 0 aromatic heterocycles. The maximum absolute atomic E-state index is 2.81. The van der Waals surface area contributed by atoms with Crippen molar-refractivity contribution in [2.75, 3.05) is 19.6 Å². The first-order chi connectivity index (χ1) is 34.6. The van der Waals surface area contributed by atoms with Gasteiger partial charge in [0, 0.05) is 22.7 Å². The van der Waals surface area contributed by atoms with E-state index in [1.807, 2.05) is 0 Å². The average molecular weight is 992 g/mol. The summed E-state index contributed by atoms with van der Waals surface area (Å²) in [5, 5.41) is 0. The highest BCUT2D eigenvalue weighted by Gasteiger charge is 2.53. The molecular weight excluding hydrogens is 897 g/mol. The van der Waals surface area contributed by atoms with Crippen LogP contribution in [0.15, 0.2) is 109 Å². The van der Waals surface area contributed by atoms with Crippen LogP contribution in [0.25, 0.3) is 0 Å². The summed E-state index contributed by atoms with van der Waals surface area (Å²) in [6, 6.07) is 44.9. The number of fused-ring (bicyclic) bond motifs is 2. The summed E-state index contributed by atoms with van der Waals surface area (Å²) in [7, 11) is 0. The topological polar surface area (TPSA) is 13.0 Å². The van der Waals surface area contributed by atoms with E-state index in [0.717, 1.165) is 0 Å². The van der Waals surface area contributed by atoms with Crippen LogP contribution in [0.3, 0.4) is 0 Å². The fourth-order valence-corrected chi connectivity index (χ4v) is 11.3. The van der Waals surface area contributed by atoms with E-state index < -0.39 is 0 Å². The van der Waals surface area contributed by atoms with Crippen molar-refractivity contribution >= 4 is 45.5 Å². The lowest BCUT2D eigenvalue weighted by atomic mass is 9.86. The van der Waals surface area contributed by atoms with Gasteiger partial charge >= 0.3 is 0 Å². The Hall–Kier alpha value is -5.48. The van der Waals surface area contributed by atoms with Gasteiger partial charge in [0.2, 0.25) is 0 Å². The second kappa shape index (κ2) is 20.6. The van der Waals surface area contributed by atoms with Gasteiger partial charge in [0.15, 0.2) is 12.3 Å². The van der Waals surface area contributed by atoms with E-state index in [0.29, 0.717) is 41.4 Å². The minimum absolute atomic E-state index is 0.0755. The lowest BCUT2D eigenvalue weighted by Gasteiger charge is -2.45. The van der Waals surface area contributed by atoms with Gasteiger partial charge < -0.3 is 19.6 Å². The van der Waals surface area contributed by atoms with Crippen molar-refractivity contribution in [1.29, 1.82) is 0 Å². The molecule has 2 heterocycles. The van der Waals surface area contributed by atoms with E-state index in [2.05, 4.69) is 281 Å². The number of rotatable bonds is 13. The highest BCUT2D eigenvalue weighted by atomic mass is 15.5. The molecule has 6 aromatic rings. The zero-order valence-electron chi connectivity index (χ0n) is 50.0. The molecule has 2 unspecified atom stereocenters. The van der Waals surface area contributed by atoms with Gasteiger partial charge in [-0.3, -0.25) is 0 Å². The average Bonchev–Trinajstić information content (AvgIpc) is 3.85. The Bertz CT molecular complexity index is 2900. The molecule has 4 nitrogen and oxygen atoms in total. The minimum Gasteiger partial charge on any atom is -0.314 e. The van der Waals surface area contributed by atoms with Gasteiger partial charge in [-0.1, -0.05) is 195 Å². The van der Waals surface area contributed by atoms with Crippen molar-refractivity contribution in [3.05, 3.63) is 165 Å². The molecule has 0 spiro atoms. The Morgan fingerprint density at radius 3 is 0.865 bits per heavy atom. The van der Waals surface area contributed by atoms with Crippen LogP contribution in [-0.2, 0) is 10.8 Å². The summed E-state index contributed by atoms with van der Waals surface area (Å²) in [6.07, 6.45) is -0.549. The van der Waals surface area contributed by atoms with E-state index >= 15 is 0 Å². The van der Waals surface area contributed by atoms with Crippen LogP contribution in [-0.4, -0.2) is 12.3 Å². The van der Waals surface area contributed by atoms with Crippen LogP contribution in [0.5, 0.6) is 0 Å². The highest BCUT2D eigenvalue weighted by Crippen LogP contribution is 2.59. The first-order valence-electron chi connectivity index (χ1n) is 28.6. The Morgan fingerprint density at radius 2 is 0.568 bits per heavy atom. The quantitative estimate of drug-likeness (QED) is 0.114. The monoisotopic (exact) mass is 991 g/mol. The highest BCUT2D eigenvalue weighted by molar-refractivity contribution is 5.95. The number of benzene rings is 6. The molecule has 2 atom stereocenters. The van der Waals surface area contributed by atoms with Crippen molar-refractivity contribution in [2.24, 2.45) is 0 Å². The van der Waals surface area contributed by atoms with Gasteiger partial charge in [0.1, 0.15) is 0 Å². The number of anilines is 8. The Morgan fingerprint density at radius 1 is 0.270 bits per heavy atom. The van der Waals surface area contributed by atoms with Crippen molar-refractivity contribution in [2.45, 2.75) is 223 Å². The molecule has 0 amide bonds. The molecule has 0 radical (unpaired) electrons. The van der Waals surface area contributed by atoms with Gasteiger partial charge in [-0.05, 0) is 181 Å². The second-order valence-electron chi connectivity index (χ2n) is 26.8. The largest absolute Gasteiger partial charge is 0.314 e. The van der Waals surface area contributed by atoms with E-state index in [1.54, 1.807) is 0 Å². The first kappa shape index (κ1) is 54.8. The minimum atomic E-state index is -0.275. The van der Waals surface area contributed by atoms with Crippen molar-refractivity contribution in [3.8, 4) is 0 Å². The van der Waals surface area contributed by atoms with Gasteiger partial charge in [-0.25, -0.2) is 0 Å². The van der Waals surface area contributed by atoms with Crippen LogP contribution in [0.2, 0.25) is 0 Å². The predicted molar refractivity (Wildman–Crippen MR) is 325 cm³/mol. The molecule has 0 saturated heterocycles. The van der Waals surface area contributed by atoms with Gasteiger partial charge in [0.25, 0.3) is 0 Å². The molecule has 6 aromatic carbocycles. The van der Waals surface area contributed by atoms with Gasteiger partial charge in [-0.2, -0.15) is 0 Å². The van der Waals surface area contributed by atoms with E-state index in [4.69, 9.17) is 0 Å². The third-order valence-corrected chi connectivity index (χ3v) is 16.4. The number of nitrogens with zero attached hydrogens (tertiary/aromatic N) is 4. The molecular formula is C70H94N4. The Kier molecular flexibility index (Phi) is 15.2. The zero-order valence-corrected chi connectivity index (χ0v) is 50.0. The normalized spacial score (nSPS) is 16.3. The molecule has 394 valence electrons. The SMILES string of the molecule is CC(C)c1cc(C(C)C)cc(N2c3ccc(C(C)(C)C)cc3N(c3cc(C(C)C)cc(C(C)C)c3)C2C2N(c3cc(C(C)C)cc(C(C)C)c3)c3cc(C(C)(C)C)ccc3N2c2cc(C(C)C)ccc2C(C)C)c1. The number of hydrogen-bond acceptors (Lipinski definition) is 4. The molecule has 0 fully saturated rings. The lowest BCUT2D eigenvalue weighted by Crippen LogP contribution is -2.58. The lowest BCUT2D eigenvalue weighted by molar-refractivity contribution is 0.546. The van der Waals surface area contributed by atoms with Crippen molar-refractivity contribution < 1.29 is 0 Å². The molecule has 8 rings (SSSR count). The molecule has 0 saturated carbocycles. The van der Waals surface area contributed by atoms with Crippen molar-refractivity contribution in [3.63, 3.8) is 0 Å². The first-order valence-corrected chi connectivity index (χ1v) is 28.6. The van der Waals surface area contributed by atoms with Crippen LogP contribution in [0, 0.1) is 0 Å². The third kappa shape index (κ3) is 10.4. The smallest absolute Gasteiger partial charge is 0.151 e. The summed E-state index contributed by atoms with van der Waals surface area (Å²) in [6.45, 7) is 52.0. The predicted octanol–water partition coefficient (Wildman–Crippen LogP) is 21.2. The van der Waals surface area contributed by atoms with E-state index in [-0.39, 0.29) is 29.1 Å². The fourth-order valence-electron chi connectivity index (χ4n) is 11.3. The Balaban J connectivity index is 1.63. The van der Waals surface area contributed by atoms with Crippen molar-refractivity contribution in [1.82, 2.24) is 0 Å². The summed E-state index contributed by atoms with van der Waals surface area (Å²) in [5.41, 5.74) is 23.5. The summed E-state index contributed by atoms with van der Waals surface area (Å²) in [5.74, 6) is 2.73.